The summed E-state index contributed by atoms with van der Waals surface area (Å²) in [6, 6.07) is 20.5. The second kappa shape index (κ2) is 10.8. The molecule has 8 heteroatoms. The highest BCUT2D eigenvalue weighted by molar-refractivity contribution is 9.11. The van der Waals surface area contributed by atoms with Gasteiger partial charge in [-0.05, 0) is 141 Å². The SMILES string of the molecule is O=C1NC(=O)N(c2ccc(C34CC5CC(CC(C5)C3)C4)cc2)C(=O)/C1=C/c1cc(Br)c(OCc2ccccc2)c(Br)c1. The van der Waals surface area contributed by atoms with Gasteiger partial charge in [0.05, 0.1) is 14.6 Å². The molecule has 4 bridgehead atoms. The van der Waals surface area contributed by atoms with Gasteiger partial charge in [-0.3, -0.25) is 14.9 Å². The molecule has 3 aromatic carbocycles. The van der Waals surface area contributed by atoms with E-state index in [-0.39, 0.29) is 11.0 Å². The summed E-state index contributed by atoms with van der Waals surface area (Å²) in [5.41, 5.74) is 3.51. The Kier molecular flexibility index (Phi) is 7.09. The van der Waals surface area contributed by atoms with Gasteiger partial charge in [-0.2, -0.15) is 0 Å². The fourth-order valence-corrected chi connectivity index (χ4v) is 9.47. The number of nitrogens with zero attached hydrogens (tertiary/aromatic N) is 1. The van der Waals surface area contributed by atoms with Gasteiger partial charge in [-0.15, -0.1) is 0 Å². The fraction of sp³-hybridized carbons (Fsp3) is 0.324. The molecule has 1 aliphatic heterocycles. The third kappa shape index (κ3) is 5.02. The van der Waals surface area contributed by atoms with Crippen LogP contribution in [0.4, 0.5) is 10.5 Å². The van der Waals surface area contributed by atoms with E-state index in [1.54, 1.807) is 12.1 Å². The second-order valence-electron chi connectivity index (χ2n) is 12.3. The van der Waals surface area contributed by atoms with E-state index in [0.717, 1.165) is 28.2 Å². The summed E-state index contributed by atoms with van der Waals surface area (Å²) in [6.07, 6.45) is 9.34. The van der Waals surface area contributed by atoms with Crippen molar-refractivity contribution in [1.29, 1.82) is 0 Å². The fourth-order valence-electron chi connectivity index (χ4n) is 8.02. The van der Waals surface area contributed by atoms with Crippen LogP contribution in [0.25, 0.3) is 6.08 Å². The lowest BCUT2D eigenvalue weighted by Gasteiger charge is -2.57. The molecule has 0 aromatic heterocycles. The lowest BCUT2D eigenvalue weighted by molar-refractivity contribution is -0.122. The Morgan fingerprint density at radius 1 is 0.857 bits per heavy atom. The molecule has 42 heavy (non-hydrogen) atoms. The normalized spacial score (nSPS) is 27.5. The number of anilines is 1. The lowest BCUT2D eigenvalue weighted by Crippen LogP contribution is -2.54. The highest BCUT2D eigenvalue weighted by atomic mass is 79.9. The van der Waals surface area contributed by atoms with Gasteiger partial charge in [0.25, 0.3) is 11.8 Å². The number of nitrogens with one attached hydrogen (secondary N) is 1. The molecule has 1 saturated heterocycles. The van der Waals surface area contributed by atoms with Crippen LogP contribution in [0.5, 0.6) is 5.75 Å². The molecule has 1 heterocycles. The van der Waals surface area contributed by atoms with Crippen molar-refractivity contribution in [3.63, 3.8) is 0 Å². The van der Waals surface area contributed by atoms with Crippen molar-refractivity contribution in [1.82, 2.24) is 5.32 Å². The first-order chi connectivity index (χ1) is 20.3. The van der Waals surface area contributed by atoms with Gasteiger partial charge < -0.3 is 4.74 Å². The standard InChI is InChI=1S/C34H30Br2N2O4/c35-28-14-21(15-29(36)30(28)42-19-20-4-2-1-3-5-20)13-27-31(39)37-33(41)38(32(27)40)26-8-6-25(7-9-26)34-16-22-10-23(17-34)12-24(11-22)18-34/h1-9,13-15,22-24H,10-12,16-19H2,(H,37,39,41)/b27-13+. The summed E-state index contributed by atoms with van der Waals surface area (Å²) in [7, 11) is 0. The van der Waals surface area contributed by atoms with Crippen LogP contribution in [-0.4, -0.2) is 17.8 Å². The maximum Gasteiger partial charge on any atom is 0.335 e. The van der Waals surface area contributed by atoms with Gasteiger partial charge in [-0.25, -0.2) is 9.69 Å². The van der Waals surface area contributed by atoms with Crippen LogP contribution in [0, 0.1) is 17.8 Å². The number of barbiturate groups is 1. The van der Waals surface area contributed by atoms with Crippen LogP contribution >= 0.6 is 31.9 Å². The molecule has 4 aliphatic carbocycles. The number of carbonyl (C=O) groups excluding carboxylic acids is 3. The molecular weight excluding hydrogens is 660 g/mol. The molecule has 3 aromatic rings. The third-order valence-electron chi connectivity index (χ3n) is 9.44. The predicted octanol–water partition coefficient (Wildman–Crippen LogP) is 7.92. The van der Waals surface area contributed by atoms with Crippen LogP contribution in [0.2, 0.25) is 0 Å². The molecule has 0 unspecified atom stereocenters. The number of benzene rings is 3. The van der Waals surface area contributed by atoms with E-state index in [9.17, 15) is 14.4 Å². The minimum atomic E-state index is -0.739. The Balaban J connectivity index is 1.12. The van der Waals surface area contributed by atoms with Crippen molar-refractivity contribution in [2.75, 3.05) is 4.90 Å². The second-order valence-corrected chi connectivity index (χ2v) is 14.0. The summed E-state index contributed by atoms with van der Waals surface area (Å²) in [6.45, 7) is 0.387. The number of hydrogen-bond donors (Lipinski definition) is 1. The molecule has 6 nitrogen and oxygen atoms in total. The number of amides is 4. The number of hydrogen-bond acceptors (Lipinski definition) is 4. The quantitative estimate of drug-likeness (QED) is 0.211. The number of halogens is 2. The van der Waals surface area contributed by atoms with Gasteiger partial charge in [0.2, 0.25) is 0 Å². The molecule has 0 atom stereocenters. The van der Waals surface area contributed by atoms with Gasteiger partial charge in [0, 0.05) is 0 Å². The van der Waals surface area contributed by atoms with E-state index in [1.807, 2.05) is 42.5 Å². The molecule has 0 spiro atoms. The highest BCUT2D eigenvalue weighted by Crippen LogP contribution is 2.60. The van der Waals surface area contributed by atoms with Gasteiger partial charge in [-0.1, -0.05) is 42.5 Å². The summed E-state index contributed by atoms with van der Waals surface area (Å²) in [5, 5.41) is 2.34. The van der Waals surface area contributed by atoms with Crippen molar-refractivity contribution in [2.24, 2.45) is 17.8 Å². The number of imide groups is 2. The van der Waals surface area contributed by atoms with Crippen LogP contribution in [0.15, 0.2) is 81.2 Å². The smallest absolute Gasteiger partial charge is 0.335 e. The molecule has 8 rings (SSSR count). The van der Waals surface area contributed by atoms with E-state index >= 15 is 0 Å². The van der Waals surface area contributed by atoms with Crippen molar-refractivity contribution >= 4 is 61.5 Å². The highest BCUT2D eigenvalue weighted by Gasteiger charge is 2.51. The Hall–Kier alpha value is -3.23. The first-order valence-electron chi connectivity index (χ1n) is 14.5. The van der Waals surface area contributed by atoms with Gasteiger partial charge in [0.15, 0.2) is 0 Å². The average molecular weight is 690 g/mol. The molecule has 214 valence electrons. The zero-order chi connectivity index (χ0) is 29.0. The van der Waals surface area contributed by atoms with E-state index in [2.05, 4.69) is 49.3 Å². The van der Waals surface area contributed by atoms with Gasteiger partial charge in [0.1, 0.15) is 17.9 Å². The van der Waals surface area contributed by atoms with Crippen LogP contribution in [0.3, 0.4) is 0 Å². The van der Waals surface area contributed by atoms with E-state index in [0.29, 0.717) is 32.6 Å². The minimum absolute atomic E-state index is 0.114. The number of rotatable bonds is 6. The van der Waals surface area contributed by atoms with E-state index in [1.165, 1.54) is 50.2 Å². The molecule has 5 fully saturated rings. The van der Waals surface area contributed by atoms with Crippen LogP contribution in [0.1, 0.15) is 55.2 Å². The topological polar surface area (TPSA) is 75.7 Å². The maximum atomic E-state index is 13.6. The Bertz CT molecular complexity index is 1560. The largest absolute Gasteiger partial charge is 0.487 e. The average Bonchev–Trinajstić information content (AvgIpc) is 2.95. The summed E-state index contributed by atoms with van der Waals surface area (Å²) < 4.78 is 7.33. The first kappa shape index (κ1) is 27.6. The van der Waals surface area contributed by atoms with Crippen LogP contribution in [-0.2, 0) is 21.6 Å². The number of ether oxygens (including phenoxy) is 1. The Morgan fingerprint density at radius 3 is 2.05 bits per heavy atom. The zero-order valence-electron chi connectivity index (χ0n) is 22.9. The molecule has 5 aliphatic rings. The van der Waals surface area contributed by atoms with E-state index in [4.69, 9.17) is 4.74 Å². The molecule has 0 radical (unpaired) electrons. The van der Waals surface area contributed by atoms with Crippen molar-refractivity contribution in [3.8, 4) is 5.75 Å². The first-order valence-corrected chi connectivity index (χ1v) is 16.0. The number of urea groups is 1. The summed E-state index contributed by atoms with van der Waals surface area (Å²) >= 11 is 7.11. The monoisotopic (exact) mass is 688 g/mol. The zero-order valence-corrected chi connectivity index (χ0v) is 26.1. The van der Waals surface area contributed by atoms with E-state index < -0.39 is 17.8 Å². The maximum absolute atomic E-state index is 13.6. The Morgan fingerprint density at radius 2 is 1.45 bits per heavy atom. The minimum Gasteiger partial charge on any atom is -0.487 e. The third-order valence-corrected chi connectivity index (χ3v) is 10.6. The van der Waals surface area contributed by atoms with Crippen molar-refractivity contribution in [2.45, 2.75) is 50.5 Å². The van der Waals surface area contributed by atoms with Gasteiger partial charge >= 0.3 is 6.03 Å². The molecule has 1 N–H and O–H groups in total. The summed E-state index contributed by atoms with van der Waals surface area (Å²) in [5.74, 6) is 1.72. The Labute approximate surface area is 261 Å². The van der Waals surface area contributed by atoms with Crippen molar-refractivity contribution in [3.05, 3.63) is 97.9 Å². The predicted molar refractivity (Wildman–Crippen MR) is 168 cm³/mol. The molecule has 4 saturated carbocycles. The summed E-state index contributed by atoms with van der Waals surface area (Å²) in [4.78, 5) is 40.3. The molecule has 4 amide bonds. The lowest BCUT2D eigenvalue weighted by atomic mass is 9.48. The molecular formula is C34H30Br2N2O4. The van der Waals surface area contributed by atoms with Crippen LogP contribution < -0.4 is 15.0 Å². The number of carbonyl (C=O) groups is 3. The van der Waals surface area contributed by atoms with Crippen molar-refractivity contribution < 1.29 is 19.1 Å².